The number of thiophene rings is 1. The van der Waals surface area contributed by atoms with E-state index in [1.165, 1.54) is 54.5 Å². The van der Waals surface area contributed by atoms with E-state index >= 15 is 0 Å². The second-order valence-electron chi connectivity index (χ2n) is 6.07. The van der Waals surface area contributed by atoms with Gasteiger partial charge in [0.05, 0.1) is 5.39 Å². The maximum Gasteiger partial charge on any atom is 0.138 e. The zero-order valence-corrected chi connectivity index (χ0v) is 13.4. The maximum atomic E-state index is 4.53. The molecule has 2 aliphatic rings. The van der Waals surface area contributed by atoms with Crippen LogP contribution in [0.4, 0.5) is 5.82 Å². The smallest absolute Gasteiger partial charge is 0.138 e. The van der Waals surface area contributed by atoms with Gasteiger partial charge >= 0.3 is 0 Å². The first-order valence-electron chi connectivity index (χ1n) is 8.10. The number of rotatable bonds is 4. The number of aromatic nitrogens is 2. The number of nitrogens with one attached hydrogen (secondary N) is 1. The van der Waals surface area contributed by atoms with Gasteiger partial charge in [-0.2, -0.15) is 0 Å². The van der Waals surface area contributed by atoms with Gasteiger partial charge in [-0.05, 0) is 50.8 Å². The summed E-state index contributed by atoms with van der Waals surface area (Å²) in [5, 5.41) is 4.93. The summed E-state index contributed by atoms with van der Waals surface area (Å²) in [5.41, 5.74) is 1.51. The molecule has 1 saturated heterocycles. The summed E-state index contributed by atoms with van der Waals surface area (Å²) < 4.78 is 0. The number of anilines is 1. The fourth-order valence-corrected chi connectivity index (χ4v) is 5.05. The molecule has 0 amide bonds. The summed E-state index contributed by atoms with van der Waals surface area (Å²) in [7, 11) is 0. The van der Waals surface area contributed by atoms with Gasteiger partial charge < -0.3 is 5.32 Å². The Balaban J connectivity index is 1.59. The standard InChI is InChI=1S/C16H22N4S/c1-2-20-8-4-5-11(20)9-17-15-14-12-6-3-7-13(12)21-16(14)19-10-18-15/h10-11H,2-9H2,1H3,(H,17,18,19). The summed E-state index contributed by atoms with van der Waals surface area (Å²) in [5.74, 6) is 1.06. The summed E-state index contributed by atoms with van der Waals surface area (Å²) in [4.78, 5) is 14.3. The zero-order chi connectivity index (χ0) is 14.2. The van der Waals surface area contributed by atoms with Gasteiger partial charge in [-0.1, -0.05) is 6.92 Å². The van der Waals surface area contributed by atoms with Crippen LogP contribution >= 0.6 is 11.3 Å². The van der Waals surface area contributed by atoms with Crippen LogP contribution in [0.2, 0.25) is 0 Å². The molecule has 21 heavy (non-hydrogen) atoms. The van der Waals surface area contributed by atoms with Gasteiger partial charge in [-0.25, -0.2) is 9.97 Å². The lowest BCUT2D eigenvalue weighted by Crippen LogP contribution is -2.34. The maximum absolute atomic E-state index is 4.53. The Hall–Kier alpha value is -1.20. The summed E-state index contributed by atoms with van der Waals surface area (Å²) in [6.07, 6.45) is 8.05. The highest BCUT2D eigenvalue weighted by Gasteiger charge is 2.24. The van der Waals surface area contributed by atoms with Gasteiger partial charge in [0.1, 0.15) is 17.0 Å². The molecule has 0 saturated carbocycles. The molecule has 1 fully saturated rings. The van der Waals surface area contributed by atoms with Gasteiger partial charge in [-0.3, -0.25) is 4.90 Å². The first-order chi connectivity index (χ1) is 10.4. The molecule has 0 radical (unpaired) electrons. The quantitative estimate of drug-likeness (QED) is 0.942. The average molecular weight is 302 g/mol. The number of hydrogen-bond acceptors (Lipinski definition) is 5. The fraction of sp³-hybridized carbons (Fsp3) is 0.625. The third kappa shape index (κ3) is 2.32. The van der Waals surface area contributed by atoms with Crippen molar-refractivity contribution >= 4 is 27.4 Å². The van der Waals surface area contributed by atoms with E-state index in [0.717, 1.165) is 23.7 Å². The number of aryl methyl sites for hydroxylation is 2. The summed E-state index contributed by atoms with van der Waals surface area (Å²) >= 11 is 1.86. The van der Waals surface area contributed by atoms with Crippen molar-refractivity contribution in [3.8, 4) is 0 Å². The third-order valence-electron chi connectivity index (χ3n) is 4.91. The SMILES string of the molecule is CCN1CCCC1CNc1ncnc2sc3c(c12)CCC3. The molecule has 4 nitrogen and oxygen atoms in total. The Morgan fingerprint density at radius 2 is 2.29 bits per heavy atom. The molecule has 4 rings (SSSR count). The van der Waals surface area contributed by atoms with E-state index in [1.807, 2.05) is 11.3 Å². The van der Waals surface area contributed by atoms with E-state index in [1.54, 1.807) is 6.33 Å². The second kappa shape index (κ2) is 5.54. The van der Waals surface area contributed by atoms with Gasteiger partial charge in [0.15, 0.2) is 0 Å². The molecule has 1 atom stereocenters. The molecule has 0 bridgehead atoms. The van der Waals surface area contributed by atoms with Crippen molar-refractivity contribution in [1.29, 1.82) is 0 Å². The first-order valence-corrected chi connectivity index (χ1v) is 8.91. The van der Waals surface area contributed by atoms with Crippen molar-refractivity contribution in [2.45, 2.75) is 45.1 Å². The average Bonchev–Trinajstić information content (AvgIpc) is 3.19. The zero-order valence-electron chi connectivity index (χ0n) is 12.6. The molecule has 0 aromatic carbocycles. The van der Waals surface area contributed by atoms with Crippen LogP contribution in [0.25, 0.3) is 10.2 Å². The van der Waals surface area contributed by atoms with E-state index in [-0.39, 0.29) is 0 Å². The molecule has 1 N–H and O–H groups in total. The Morgan fingerprint density at radius 3 is 3.19 bits per heavy atom. The van der Waals surface area contributed by atoms with Gasteiger partial charge in [0.2, 0.25) is 0 Å². The van der Waals surface area contributed by atoms with E-state index in [2.05, 4.69) is 27.1 Å². The van der Waals surface area contributed by atoms with Crippen molar-refractivity contribution in [2.24, 2.45) is 0 Å². The Labute approximate surface area is 129 Å². The minimum absolute atomic E-state index is 0.659. The minimum atomic E-state index is 0.659. The number of nitrogens with zero attached hydrogens (tertiary/aromatic N) is 3. The Morgan fingerprint density at radius 1 is 1.33 bits per heavy atom. The number of hydrogen-bond donors (Lipinski definition) is 1. The highest BCUT2D eigenvalue weighted by atomic mass is 32.1. The molecule has 2 aromatic heterocycles. The lowest BCUT2D eigenvalue weighted by molar-refractivity contribution is 0.277. The molecular formula is C16H22N4S. The summed E-state index contributed by atoms with van der Waals surface area (Å²) in [6, 6.07) is 0.659. The van der Waals surface area contributed by atoms with Crippen LogP contribution in [0.5, 0.6) is 0 Å². The summed E-state index contributed by atoms with van der Waals surface area (Å²) in [6.45, 7) is 5.66. The van der Waals surface area contributed by atoms with Gasteiger partial charge in [0.25, 0.3) is 0 Å². The number of fused-ring (bicyclic) bond motifs is 3. The fourth-order valence-electron chi connectivity index (χ4n) is 3.82. The monoisotopic (exact) mass is 302 g/mol. The van der Waals surface area contributed by atoms with Crippen LogP contribution in [0.1, 0.15) is 36.6 Å². The van der Waals surface area contributed by atoms with E-state index in [0.29, 0.717) is 6.04 Å². The molecule has 5 heteroatoms. The van der Waals surface area contributed by atoms with Crippen LogP contribution in [0.3, 0.4) is 0 Å². The molecule has 0 spiro atoms. The molecule has 3 heterocycles. The van der Waals surface area contributed by atoms with Crippen molar-refractivity contribution < 1.29 is 0 Å². The van der Waals surface area contributed by atoms with Gasteiger partial charge in [-0.15, -0.1) is 11.3 Å². The lowest BCUT2D eigenvalue weighted by Gasteiger charge is -2.23. The first kappa shape index (κ1) is 13.5. The normalized spacial score (nSPS) is 22.0. The molecule has 112 valence electrons. The van der Waals surface area contributed by atoms with Crippen LogP contribution < -0.4 is 5.32 Å². The number of likely N-dealkylation sites (tertiary alicyclic amines) is 1. The van der Waals surface area contributed by atoms with E-state index in [4.69, 9.17) is 0 Å². The van der Waals surface area contributed by atoms with Crippen LogP contribution in [-0.2, 0) is 12.8 Å². The molecular weight excluding hydrogens is 280 g/mol. The second-order valence-corrected chi connectivity index (χ2v) is 7.15. The predicted octanol–water partition coefficient (Wildman–Crippen LogP) is 3.08. The van der Waals surface area contributed by atoms with E-state index < -0.39 is 0 Å². The van der Waals surface area contributed by atoms with Crippen LogP contribution in [-0.4, -0.2) is 40.5 Å². The molecule has 1 unspecified atom stereocenters. The van der Waals surface area contributed by atoms with Crippen molar-refractivity contribution in [1.82, 2.24) is 14.9 Å². The van der Waals surface area contributed by atoms with Crippen molar-refractivity contribution in [3.05, 3.63) is 16.8 Å². The van der Waals surface area contributed by atoms with Crippen LogP contribution in [0, 0.1) is 0 Å². The molecule has 1 aliphatic heterocycles. The van der Waals surface area contributed by atoms with Gasteiger partial charge in [0, 0.05) is 17.5 Å². The minimum Gasteiger partial charge on any atom is -0.368 e. The van der Waals surface area contributed by atoms with Crippen molar-refractivity contribution in [2.75, 3.05) is 25.0 Å². The Bertz CT molecular complexity index is 651. The van der Waals surface area contributed by atoms with Crippen molar-refractivity contribution in [3.63, 3.8) is 0 Å². The Kier molecular flexibility index (Phi) is 3.55. The predicted molar refractivity (Wildman–Crippen MR) is 88.2 cm³/mol. The molecule has 1 aliphatic carbocycles. The lowest BCUT2D eigenvalue weighted by atomic mass is 10.2. The van der Waals surface area contributed by atoms with E-state index in [9.17, 15) is 0 Å². The topological polar surface area (TPSA) is 41.0 Å². The largest absolute Gasteiger partial charge is 0.368 e. The highest BCUT2D eigenvalue weighted by Crippen LogP contribution is 2.39. The third-order valence-corrected chi connectivity index (χ3v) is 6.11. The van der Waals surface area contributed by atoms with Crippen LogP contribution in [0.15, 0.2) is 6.33 Å². The number of likely N-dealkylation sites (N-methyl/N-ethyl adjacent to an activating group) is 1. The highest BCUT2D eigenvalue weighted by molar-refractivity contribution is 7.19. The molecule has 2 aromatic rings.